The minimum absolute atomic E-state index is 0.917. The summed E-state index contributed by atoms with van der Waals surface area (Å²) in [5.41, 5.74) is 4.29. The van der Waals surface area contributed by atoms with Crippen molar-refractivity contribution in [3.63, 3.8) is 0 Å². The SMILES string of the molecule is Cc1ccnc(-c2cc(C[P+](c3ccccc3)(c3ccccc3)c3ccccc3)ccn2)c1. The molecule has 33 heavy (non-hydrogen) atoms. The third-order valence-electron chi connectivity index (χ3n) is 6.01. The minimum Gasteiger partial charge on any atom is -0.255 e. The molecule has 0 radical (unpaired) electrons. The van der Waals surface area contributed by atoms with Crippen LogP contribution in [0.3, 0.4) is 0 Å². The van der Waals surface area contributed by atoms with Crippen LogP contribution in [0.2, 0.25) is 0 Å². The van der Waals surface area contributed by atoms with Gasteiger partial charge in [-0.1, -0.05) is 54.6 Å². The fourth-order valence-electron chi connectivity index (χ4n) is 4.43. The highest BCUT2D eigenvalue weighted by atomic mass is 31.2. The highest BCUT2D eigenvalue weighted by molar-refractivity contribution is 7.95. The topological polar surface area (TPSA) is 25.8 Å². The number of pyridine rings is 2. The van der Waals surface area contributed by atoms with Gasteiger partial charge in [-0.2, -0.15) is 0 Å². The molecule has 2 aromatic heterocycles. The lowest BCUT2D eigenvalue weighted by atomic mass is 10.1. The van der Waals surface area contributed by atoms with Crippen molar-refractivity contribution in [3.05, 3.63) is 139 Å². The van der Waals surface area contributed by atoms with E-state index in [4.69, 9.17) is 0 Å². The zero-order valence-electron chi connectivity index (χ0n) is 18.7. The van der Waals surface area contributed by atoms with Crippen LogP contribution in [0, 0.1) is 6.92 Å². The van der Waals surface area contributed by atoms with Gasteiger partial charge >= 0.3 is 0 Å². The molecule has 0 aliphatic carbocycles. The summed E-state index contributed by atoms with van der Waals surface area (Å²) in [6.45, 7) is 2.09. The van der Waals surface area contributed by atoms with E-state index in [0.717, 1.165) is 17.5 Å². The molecule has 5 rings (SSSR count). The molecule has 5 aromatic rings. The highest BCUT2D eigenvalue weighted by Gasteiger charge is 2.45. The molecule has 3 aromatic carbocycles. The fourth-order valence-corrected chi connectivity index (χ4v) is 8.66. The monoisotopic (exact) mass is 445 g/mol. The van der Waals surface area contributed by atoms with Crippen molar-refractivity contribution >= 4 is 23.2 Å². The van der Waals surface area contributed by atoms with Crippen LogP contribution in [0.15, 0.2) is 128 Å². The van der Waals surface area contributed by atoms with E-state index in [1.54, 1.807) is 0 Å². The summed E-state index contributed by atoms with van der Waals surface area (Å²) < 4.78 is 0. The summed E-state index contributed by atoms with van der Waals surface area (Å²) in [6, 6.07) is 41.5. The first-order valence-electron chi connectivity index (χ1n) is 11.2. The molecule has 0 saturated heterocycles. The van der Waals surface area contributed by atoms with Crippen molar-refractivity contribution in [2.45, 2.75) is 13.1 Å². The van der Waals surface area contributed by atoms with Gasteiger partial charge in [0.15, 0.2) is 0 Å². The van der Waals surface area contributed by atoms with Crippen molar-refractivity contribution in [3.8, 4) is 11.4 Å². The van der Waals surface area contributed by atoms with Gasteiger partial charge < -0.3 is 0 Å². The van der Waals surface area contributed by atoms with E-state index in [1.165, 1.54) is 27.0 Å². The number of rotatable bonds is 6. The molecule has 0 aliphatic rings. The molecule has 0 fully saturated rings. The van der Waals surface area contributed by atoms with Gasteiger partial charge in [0.05, 0.1) is 17.5 Å². The Morgan fingerprint density at radius 1 is 0.545 bits per heavy atom. The summed E-state index contributed by atoms with van der Waals surface area (Å²) >= 11 is 0. The molecule has 0 unspecified atom stereocenters. The van der Waals surface area contributed by atoms with Gasteiger partial charge in [-0.15, -0.1) is 0 Å². The van der Waals surface area contributed by atoms with Crippen molar-refractivity contribution in [1.82, 2.24) is 9.97 Å². The second-order valence-electron chi connectivity index (χ2n) is 8.24. The van der Waals surface area contributed by atoms with Gasteiger partial charge in [0.2, 0.25) is 0 Å². The summed E-state index contributed by atoms with van der Waals surface area (Å²) in [5, 5.41) is 4.15. The van der Waals surface area contributed by atoms with Crippen molar-refractivity contribution < 1.29 is 0 Å². The average molecular weight is 446 g/mol. The lowest BCUT2D eigenvalue weighted by Crippen LogP contribution is -2.32. The first-order valence-corrected chi connectivity index (χ1v) is 13.2. The van der Waals surface area contributed by atoms with Crippen LogP contribution in [-0.4, -0.2) is 9.97 Å². The fraction of sp³-hybridized carbons (Fsp3) is 0.0667. The maximum absolute atomic E-state index is 4.65. The van der Waals surface area contributed by atoms with Crippen LogP contribution >= 0.6 is 7.26 Å². The Labute approximate surface area is 196 Å². The first-order chi connectivity index (χ1) is 16.3. The Morgan fingerprint density at radius 3 is 1.48 bits per heavy atom. The van der Waals surface area contributed by atoms with E-state index >= 15 is 0 Å². The van der Waals surface area contributed by atoms with Crippen molar-refractivity contribution in [1.29, 1.82) is 0 Å². The van der Waals surface area contributed by atoms with E-state index in [1.807, 2.05) is 18.5 Å². The first kappa shape index (κ1) is 21.2. The number of aryl methyl sites for hydroxylation is 1. The Kier molecular flexibility index (Phi) is 6.11. The Hall–Kier alpha value is -3.61. The van der Waals surface area contributed by atoms with Crippen LogP contribution in [0.1, 0.15) is 11.1 Å². The molecule has 2 nitrogen and oxygen atoms in total. The van der Waals surface area contributed by atoms with Crippen LogP contribution in [0.25, 0.3) is 11.4 Å². The maximum atomic E-state index is 4.65. The Bertz CT molecular complexity index is 1240. The maximum Gasteiger partial charge on any atom is 0.116 e. The van der Waals surface area contributed by atoms with E-state index < -0.39 is 7.26 Å². The zero-order valence-corrected chi connectivity index (χ0v) is 19.6. The molecule has 0 aliphatic heterocycles. The van der Waals surface area contributed by atoms with E-state index in [-0.39, 0.29) is 0 Å². The van der Waals surface area contributed by atoms with Gasteiger partial charge in [-0.25, -0.2) is 0 Å². The van der Waals surface area contributed by atoms with E-state index in [2.05, 4.69) is 126 Å². The van der Waals surface area contributed by atoms with Crippen molar-refractivity contribution in [2.75, 3.05) is 0 Å². The number of hydrogen-bond donors (Lipinski definition) is 0. The predicted octanol–water partition coefficient (Wildman–Crippen LogP) is 5.95. The third kappa shape index (κ3) is 4.35. The summed E-state index contributed by atoms with van der Waals surface area (Å²) in [5.74, 6) is 0. The summed E-state index contributed by atoms with van der Waals surface area (Å²) in [4.78, 5) is 9.22. The van der Waals surface area contributed by atoms with Crippen LogP contribution in [0.4, 0.5) is 0 Å². The lowest BCUT2D eigenvalue weighted by Gasteiger charge is -2.28. The molecule has 160 valence electrons. The van der Waals surface area contributed by atoms with Gasteiger partial charge in [-0.3, -0.25) is 9.97 Å². The quantitative estimate of drug-likeness (QED) is 0.302. The molecule has 0 N–H and O–H groups in total. The third-order valence-corrected chi connectivity index (χ3v) is 10.4. The average Bonchev–Trinajstić information content (AvgIpc) is 2.89. The number of nitrogens with zero attached hydrogens (tertiary/aromatic N) is 2. The molecule has 0 bridgehead atoms. The van der Waals surface area contributed by atoms with E-state index in [0.29, 0.717) is 0 Å². The zero-order chi connectivity index (χ0) is 22.5. The molecule has 0 saturated carbocycles. The normalized spacial score (nSPS) is 11.3. The minimum atomic E-state index is -1.94. The van der Waals surface area contributed by atoms with Gasteiger partial charge in [0.25, 0.3) is 0 Å². The summed E-state index contributed by atoms with van der Waals surface area (Å²) in [6.07, 6.45) is 4.70. The predicted molar refractivity (Wildman–Crippen MR) is 141 cm³/mol. The lowest BCUT2D eigenvalue weighted by molar-refractivity contribution is 1.21. The smallest absolute Gasteiger partial charge is 0.116 e. The summed E-state index contributed by atoms with van der Waals surface area (Å²) in [7, 11) is -1.94. The second kappa shape index (κ2) is 9.48. The van der Waals surface area contributed by atoms with Crippen molar-refractivity contribution in [2.24, 2.45) is 0 Å². The second-order valence-corrected chi connectivity index (χ2v) is 11.7. The largest absolute Gasteiger partial charge is 0.255 e. The molecule has 0 amide bonds. The molecular formula is C30H26N2P+. The molecule has 3 heteroatoms. The van der Waals surface area contributed by atoms with Gasteiger partial charge in [-0.05, 0) is 78.7 Å². The van der Waals surface area contributed by atoms with Crippen LogP contribution in [-0.2, 0) is 6.16 Å². The molecule has 0 spiro atoms. The number of aromatic nitrogens is 2. The Morgan fingerprint density at radius 2 is 1.00 bits per heavy atom. The molecule has 0 atom stereocenters. The molecular weight excluding hydrogens is 419 g/mol. The van der Waals surface area contributed by atoms with Gasteiger partial charge in [0.1, 0.15) is 23.2 Å². The highest BCUT2D eigenvalue weighted by Crippen LogP contribution is 2.58. The van der Waals surface area contributed by atoms with Crippen LogP contribution in [0.5, 0.6) is 0 Å². The van der Waals surface area contributed by atoms with Crippen LogP contribution < -0.4 is 15.9 Å². The number of benzene rings is 3. The Balaban J connectivity index is 1.70. The van der Waals surface area contributed by atoms with Gasteiger partial charge in [0, 0.05) is 12.4 Å². The molecule has 2 heterocycles. The standard InChI is InChI=1S/C30H26N2P/c1-24-17-19-31-29(21-24)30-22-25(18-20-32-30)23-33(26-11-5-2-6-12-26,27-13-7-3-8-14-27)28-15-9-4-10-16-28/h2-22H,23H2,1H3/q+1. The van der Waals surface area contributed by atoms with E-state index in [9.17, 15) is 0 Å². The number of hydrogen-bond acceptors (Lipinski definition) is 2.